The van der Waals surface area contributed by atoms with Gasteiger partial charge in [-0.1, -0.05) is 49.1 Å². The van der Waals surface area contributed by atoms with Crippen LogP contribution in [0.25, 0.3) is 0 Å². The molecule has 0 bridgehead atoms. The smallest absolute Gasteiger partial charge is 0.243 e. The molecule has 0 heterocycles. The fraction of sp³-hybridized carbons (Fsp3) is 0.500. The second-order valence-corrected chi connectivity index (χ2v) is 12.0. The summed E-state index contributed by atoms with van der Waals surface area (Å²) in [6, 6.07) is 12.6. The van der Waals surface area contributed by atoms with E-state index in [-0.39, 0.29) is 23.5 Å². The lowest BCUT2D eigenvalue weighted by Crippen LogP contribution is -2.52. The van der Waals surface area contributed by atoms with E-state index in [1.165, 1.54) is 16.9 Å². The summed E-state index contributed by atoms with van der Waals surface area (Å²) in [5.74, 6) is -1.63. The van der Waals surface area contributed by atoms with Crippen molar-refractivity contribution in [2.24, 2.45) is 0 Å². The highest BCUT2D eigenvalue weighted by Gasteiger charge is 2.32. The van der Waals surface area contributed by atoms with Gasteiger partial charge in [-0.15, -0.1) is 0 Å². The molecule has 38 heavy (non-hydrogen) atoms. The highest BCUT2D eigenvalue weighted by atomic mass is 32.2. The van der Waals surface area contributed by atoms with Gasteiger partial charge in [0.05, 0.1) is 0 Å². The van der Waals surface area contributed by atoms with Gasteiger partial charge in [0.25, 0.3) is 0 Å². The van der Waals surface area contributed by atoms with Crippen molar-refractivity contribution >= 4 is 39.9 Å². The van der Waals surface area contributed by atoms with Gasteiger partial charge in [0.15, 0.2) is 0 Å². The van der Waals surface area contributed by atoms with E-state index in [4.69, 9.17) is 0 Å². The van der Waals surface area contributed by atoms with Gasteiger partial charge in [0.2, 0.25) is 17.7 Å². The molecule has 2 aromatic rings. The fourth-order valence-electron chi connectivity index (χ4n) is 5.47. The summed E-state index contributed by atoms with van der Waals surface area (Å²) in [5.41, 5.74) is 4.70. The molecular weight excluding hydrogens is 498 g/mol. The Bertz CT molecular complexity index is 1170. The van der Waals surface area contributed by atoms with Gasteiger partial charge in [-0.3, -0.25) is 23.5 Å². The van der Waals surface area contributed by atoms with Crippen molar-refractivity contribution in [2.75, 3.05) is 21.7 Å². The van der Waals surface area contributed by atoms with E-state index < -0.39 is 28.7 Å². The number of benzene rings is 2. The number of hydrogen-bond acceptors (Lipinski definition) is 4. The number of fused-ring (bicyclic) bond motifs is 1. The molecule has 0 unspecified atom stereocenters. The third-order valence-corrected chi connectivity index (χ3v) is 8.68. The molecule has 2 aliphatic rings. The van der Waals surface area contributed by atoms with Gasteiger partial charge in [-0.05, 0) is 81.7 Å². The van der Waals surface area contributed by atoms with Crippen LogP contribution in [0.1, 0.15) is 68.6 Å². The van der Waals surface area contributed by atoms with E-state index in [2.05, 4.69) is 16.7 Å². The van der Waals surface area contributed by atoms with Gasteiger partial charge in [0, 0.05) is 28.2 Å². The van der Waals surface area contributed by atoms with Gasteiger partial charge in [-0.2, -0.15) is 0 Å². The number of aryl methyl sites for hydroxylation is 2. The summed E-state index contributed by atoms with van der Waals surface area (Å²) in [6.07, 6.45) is 9.19. The van der Waals surface area contributed by atoms with Crippen molar-refractivity contribution in [3.63, 3.8) is 0 Å². The zero-order chi connectivity index (χ0) is 27.1. The first kappa shape index (κ1) is 28.0. The number of carbonyl (C=O) groups excluding carboxylic acids is 3. The number of carbonyl (C=O) groups is 3. The average Bonchev–Trinajstić information content (AvgIpc) is 2.90. The van der Waals surface area contributed by atoms with Gasteiger partial charge >= 0.3 is 0 Å². The van der Waals surface area contributed by atoms with Crippen LogP contribution in [0.4, 0.5) is 11.4 Å². The molecule has 7 nitrogen and oxygen atoms in total. The van der Waals surface area contributed by atoms with Crippen LogP contribution in [0.15, 0.2) is 42.5 Å². The number of anilines is 2. The van der Waals surface area contributed by atoms with E-state index in [1.807, 2.05) is 31.2 Å². The maximum atomic E-state index is 13.7. The van der Waals surface area contributed by atoms with Crippen molar-refractivity contribution in [2.45, 2.75) is 83.7 Å². The molecule has 8 heteroatoms. The maximum absolute atomic E-state index is 13.7. The molecule has 0 spiro atoms. The molecule has 0 radical (unpaired) electrons. The van der Waals surface area contributed by atoms with Crippen LogP contribution in [0.3, 0.4) is 0 Å². The van der Waals surface area contributed by atoms with Crippen LogP contribution in [0, 0.1) is 6.92 Å². The van der Waals surface area contributed by atoms with Crippen molar-refractivity contribution < 1.29 is 18.6 Å². The van der Waals surface area contributed by atoms with E-state index in [1.54, 1.807) is 19.1 Å². The lowest BCUT2D eigenvalue weighted by Gasteiger charge is -2.33. The Hall–Kier alpha value is -3.00. The highest BCUT2D eigenvalue weighted by Crippen LogP contribution is 2.32. The number of nitrogens with one attached hydrogen (secondary N) is 2. The molecular formula is C30H39N3O4S. The monoisotopic (exact) mass is 537 g/mol. The molecule has 2 N–H and O–H groups in total. The van der Waals surface area contributed by atoms with Crippen LogP contribution in [0.5, 0.6) is 0 Å². The summed E-state index contributed by atoms with van der Waals surface area (Å²) in [5, 5.41) is 5.89. The Kier molecular flexibility index (Phi) is 9.72. The maximum Gasteiger partial charge on any atom is 0.243 e. The standard InChI is InChI=1S/C30H39N3O4S/c1-21-15-17-25(18-16-21)31-28(34)19-38(37)20-29(35)33(22(2)30(36)32-24-11-4-3-5-12-24)27-14-8-10-23-9-6-7-13-26(23)27/h8,10,14-18,22,24H,3-7,9,11-13,19-20H2,1-2H3,(H,31,34)(H,32,36)/t22-,38-/m1/s1. The zero-order valence-electron chi connectivity index (χ0n) is 22.5. The number of hydrogen-bond donors (Lipinski definition) is 2. The molecule has 204 valence electrons. The minimum absolute atomic E-state index is 0.125. The molecule has 2 aromatic carbocycles. The van der Waals surface area contributed by atoms with Gasteiger partial charge < -0.3 is 10.6 Å². The second-order valence-electron chi connectivity index (χ2n) is 10.5. The Morgan fingerprint density at radius 3 is 2.39 bits per heavy atom. The Morgan fingerprint density at radius 2 is 1.66 bits per heavy atom. The molecule has 1 fully saturated rings. The molecule has 2 atom stereocenters. The lowest BCUT2D eigenvalue weighted by atomic mass is 9.89. The molecule has 1 saturated carbocycles. The largest absolute Gasteiger partial charge is 0.352 e. The van der Waals surface area contributed by atoms with E-state index in [0.29, 0.717) is 5.69 Å². The van der Waals surface area contributed by atoms with Crippen LogP contribution in [-0.2, 0) is 38.0 Å². The Morgan fingerprint density at radius 1 is 0.947 bits per heavy atom. The zero-order valence-corrected chi connectivity index (χ0v) is 23.3. The minimum atomic E-state index is -1.73. The van der Waals surface area contributed by atoms with Crippen molar-refractivity contribution in [1.82, 2.24) is 5.32 Å². The van der Waals surface area contributed by atoms with Crippen molar-refractivity contribution in [3.8, 4) is 0 Å². The summed E-state index contributed by atoms with van der Waals surface area (Å²) >= 11 is 0. The molecule has 0 aromatic heterocycles. The fourth-order valence-corrected chi connectivity index (χ4v) is 6.35. The SMILES string of the molecule is Cc1ccc(NC(=O)C[S@@](=O)CC(=O)N(c2cccc3c2CCCC3)[C@H](C)C(=O)NC2CCCCC2)cc1. The molecule has 2 aliphatic carbocycles. The van der Waals surface area contributed by atoms with E-state index in [9.17, 15) is 18.6 Å². The second kappa shape index (κ2) is 13.2. The number of nitrogens with zero attached hydrogens (tertiary/aromatic N) is 1. The Labute approximate surface area is 228 Å². The minimum Gasteiger partial charge on any atom is -0.352 e. The third kappa shape index (κ3) is 7.31. The molecule has 4 rings (SSSR count). The summed E-state index contributed by atoms with van der Waals surface area (Å²) < 4.78 is 12.9. The third-order valence-electron chi connectivity index (χ3n) is 7.53. The first-order valence-electron chi connectivity index (χ1n) is 13.8. The van der Waals surface area contributed by atoms with Gasteiger partial charge in [0.1, 0.15) is 17.5 Å². The van der Waals surface area contributed by atoms with Crippen LogP contribution >= 0.6 is 0 Å². The van der Waals surface area contributed by atoms with Crippen LogP contribution < -0.4 is 15.5 Å². The lowest BCUT2D eigenvalue weighted by molar-refractivity contribution is -0.126. The molecule has 0 aliphatic heterocycles. The van der Waals surface area contributed by atoms with Gasteiger partial charge in [-0.25, -0.2) is 0 Å². The predicted octanol–water partition coefficient (Wildman–Crippen LogP) is 4.43. The van der Waals surface area contributed by atoms with E-state index in [0.717, 1.165) is 68.2 Å². The normalized spacial score (nSPS) is 17.1. The first-order chi connectivity index (χ1) is 18.3. The van der Waals surface area contributed by atoms with Crippen molar-refractivity contribution in [1.29, 1.82) is 0 Å². The summed E-state index contributed by atoms with van der Waals surface area (Å²) in [7, 11) is -1.73. The topological polar surface area (TPSA) is 95.6 Å². The molecule has 3 amide bonds. The van der Waals surface area contributed by atoms with Crippen LogP contribution in [-0.4, -0.2) is 45.5 Å². The summed E-state index contributed by atoms with van der Waals surface area (Å²) in [4.78, 5) is 41.0. The molecule has 0 saturated heterocycles. The average molecular weight is 538 g/mol. The number of rotatable bonds is 9. The highest BCUT2D eigenvalue weighted by molar-refractivity contribution is 7.86. The predicted molar refractivity (Wildman–Crippen MR) is 153 cm³/mol. The number of amides is 3. The first-order valence-corrected chi connectivity index (χ1v) is 15.3. The van der Waals surface area contributed by atoms with Crippen LogP contribution in [0.2, 0.25) is 0 Å². The quantitative estimate of drug-likeness (QED) is 0.495. The van der Waals surface area contributed by atoms with Crippen molar-refractivity contribution in [3.05, 3.63) is 59.2 Å². The summed E-state index contributed by atoms with van der Waals surface area (Å²) in [6.45, 7) is 3.70. The van der Waals surface area contributed by atoms with E-state index >= 15 is 0 Å². The Balaban J connectivity index is 1.49.